The number of anilines is 3. The Balaban J connectivity index is 1.30. The van der Waals surface area contributed by atoms with E-state index in [1.165, 1.54) is 0 Å². The Morgan fingerprint density at radius 2 is 1.21 bits per heavy atom. The standard InChI is InChI=1S/C37H22N2O3/c1-3-10-23(11-4-1)37-38-29-19-21-33-34(36(29)42-37)28-22-25(18-20-32(28)40-33)39(24-12-5-2-6-13-24)30-16-9-15-27-26-14-7-8-17-31(26)41-35(27)30/h1-22H. The minimum absolute atomic E-state index is 0.589. The number of hydrogen-bond donors (Lipinski definition) is 0. The average molecular weight is 543 g/mol. The molecule has 0 aliphatic heterocycles. The van der Waals surface area contributed by atoms with Gasteiger partial charge in [-0.15, -0.1) is 0 Å². The third-order valence-corrected chi connectivity index (χ3v) is 7.89. The van der Waals surface area contributed by atoms with Crippen molar-refractivity contribution in [2.45, 2.75) is 0 Å². The van der Waals surface area contributed by atoms with Crippen molar-refractivity contribution < 1.29 is 13.3 Å². The van der Waals surface area contributed by atoms with Gasteiger partial charge in [0.25, 0.3) is 0 Å². The third kappa shape index (κ3) is 3.40. The van der Waals surface area contributed by atoms with Crippen LogP contribution in [0.25, 0.3) is 66.4 Å². The Labute approximate surface area is 239 Å². The molecule has 0 unspecified atom stereocenters. The molecule has 3 heterocycles. The Bertz CT molecular complexity index is 2420. The molecule has 0 saturated heterocycles. The van der Waals surface area contributed by atoms with E-state index in [0.717, 1.165) is 72.0 Å². The van der Waals surface area contributed by atoms with Gasteiger partial charge in [0, 0.05) is 33.1 Å². The molecule has 0 N–H and O–H groups in total. The summed E-state index contributed by atoms with van der Waals surface area (Å²) in [7, 11) is 0. The number of rotatable bonds is 4. The largest absolute Gasteiger partial charge is 0.456 e. The number of oxazole rings is 1. The number of para-hydroxylation sites is 3. The van der Waals surface area contributed by atoms with Gasteiger partial charge in [-0.05, 0) is 66.7 Å². The van der Waals surface area contributed by atoms with E-state index in [1.807, 2.05) is 72.8 Å². The van der Waals surface area contributed by atoms with Gasteiger partial charge < -0.3 is 18.2 Å². The minimum Gasteiger partial charge on any atom is -0.456 e. The van der Waals surface area contributed by atoms with E-state index in [-0.39, 0.29) is 0 Å². The van der Waals surface area contributed by atoms with Crippen LogP contribution in [0.1, 0.15) is 0 Å². The second-order valence-corrected chi connectivity index (χ2v) is 10.4. The van der Waals surface area contributed by atoms with E-state index in [1.54, 1.807) is 0 Å². The van der Waals surface area contributed by atoms with Gasteiger partial charge in [-0.1, -0.05) is 66.7 Å². The Hall–Kier alpha value is -5.81. The molecule has 0 atom stereocenters. The molecule has 0 spiro atoms. The fraction of sp³-hybridized carbons (Fsp3) is 0. The van der Waals surface area contributed by atoms with Crippen LogP contribution in [0, 0.1) is 0 Å². The van der Waals surface area contributed by atoms with E-state index in [0.29, 0.717) is 11.5 Å². The molecule has 0 aliphatic rings. The highest BCUT2D eigenvalue weighted by atomic mass is 16.4. The number of nitrogens with zero attached hydrogens (tertiary/aromatic N) is 2. The zero-order chi connectivity index (χ0) is 27.6. The Morgan fingerprint density at radius 3 is 2.10 bits per heavy atom. The van der Waals surface area contributed by atoms with Crippen molar-refractivity contribution in [2.75, 3.05) is 4.90 Å². The van der Waals surface area contributed by atoms with Gasteiger partial charge in [0.05, 0.1) is 11.1 Å². The van der Waals surface area contributed by atoms with Crippen molar-refractivity contribution in [1.29, 1.82) is 0 Å². The molecular weight excluding hydrogens is 520 g/mol. The molecule has 0 radical (unpaired) electrons. The monoisotopic (exact) mass is 542 g/mol. The maximum atomic E-state index is 6.47. The van der Waals surface area contributed by atoms with Gasteiger partial charge in [0.2, 0.25) is 5.89 Å². The first-order chi connectivity index (χ1) is 20.8. The summed E-state index contributed by atoms with van der Waals surface area (Å²) in [6.07, 6.45) is 0. The summed E-state index contributed by atoms with van der Waals surface area (Å²) in [5.74, 6) is 0.589. The van der Waals surface area contributed by atoms with E-state index in [2.05, 4.69) is 65.6 Å². The molecule has 5 heteroatoms. The van der Waals surface area contributed by atoms with Gasteiger partial charge in [0.1, 0.15) is 22.3 Å². The minimum atomic E-state index is 0.589. The first-order valence-electron chi connectivity index (χ1n) is 13.9. The number of benzene rings is 6. The molecule has 5 nitrogen and oxygen atoms in total. The summed E-state index contributed by atoms with van der Waals surface area (Å²) in [5, 5.41) is 4.05. The van der Waals surface area contributed by atoms with Crippen LogP contribution >= 0.6 is 0 Å². The zero-order valence-corrected chi connectivity index (χ0v) is 22.3. The highest BCUT2D eigenvalue weighted by Gasteiger charge is 2.22. The summed E-state index contributed by atoms with van der Waals surface area (Å²) < 4.78 is 19.2. The van der Waals surface area contributed by atoms with Crippen molar-refractivity contribution >= 4 is 72.0 Å². The number of aromatic nitrogens is 1. The van der Waals surface area contributed by atoms with E-state index < -0.39 is 0 Å². The second kappa shape index (κ2) is 8.85. The highest BCUT2D eigenvalue weighted by Crippen LogP contribution is 2.44. The number of fused-ring (bicyclic) bond motifs is 8. The van der Waals surface area contributed by atoms with Crippen LogP contribution in [-0.4, -0.2) is 4.98 Å². The smallest absolute Gasteiger partial charge is 0.227 e. The molecule has 9 rings (SSSR count). The molecule has 9 aromatic rings. The fourth-order valence-corrected chi connectivity index (χ4v) is 5.99. The van der Waals surface area contributed by atoms with Gasteiger partial charge in [-0.25, -0.2) is 4.98 Å². The van der Waals surface area contributed by atoms with Crippen molar-refractivity contribution in [3.05, 3.63) is 133 Å². The molecule has 0 amide bonds. The molecule has 0 fully saturated rings. The summed E-state index contributed by atoms with van der Waals surface area (Å²) in [5.41, 5.74) is 8.65. The summed E-state index contributed by atoms with van der Waals surface area (Å²) >= 11 is 0. The molecule has 42 heavy (non-hydrogen) atoms. The van der Waals surface area contributed by atoms with Crippen LogP contribution in [0.3, 0.4) is 0 Å². The second-order valence-electron chi connectivity index (χ2n) is 10.4. The Morgan fingerprint density at radius 1 is 0.476 bits per heavy atom. The van der Waals surface area contributed by atoms with E-state index >= 15 is 0 Å². The quantitative estimate of drug-likeness (QED) is 0.221. The lowest BCUT2D eigenvalue weighted by molar-refractivity contribution is 0.622. The summed E-state index contributed by atoms with van der Waals surface area (Å²) in [6, 6.07) is 45.0. The molecular formula is C37H22N2O3. The highest BCUT2D eigenvalue weighted by molar-refractivity contribution is 6.17. The van der Waals surface area contributed by atoms with Gasteiger partial charge >= 0.3 is 0 Å². The van der Waals surface area contributed by atoms with Crippen molar-refractivity contribution in [2.24, 2.45) is 0 Å². The van der Waals surface area contributed by atoms with E-state index in [9.17, 15) is 0 Å². The molecule has 3 aromatic heterocycles. The topological polar surface area (TPSA) is 55.6 Å². The lowest BCUT2D eigenvalue weighted by atomic mass is 10.1. The zero-order valence-electron chi connectivity index (χ0n) is 22.3. The predicted molar refractivity (Wildman–Crippen MR) is 169 cm³/mol. The SMILES string of the molecule is c1ccc(-c2nc3ccc4oc5ccc(N(c6ccccc6)c6cccc7c6oc6ccccc67)cc5c4c3o2)cc1. The lowest BCUT2D eigenvalue weighted by Gasteiger charge is -2.25. The van der Waals surface area contributed by atoms with Crippen molar-refractivity contribution in [1.82, 2.24) is 4.98 Å². The predicted octanol–water partition coefficient (Wildman–Crippen LogP) is 10.8. The van der Waals surface area contributed by atoms with Crippen LogP contribution in [0.4, 0.5) is 17.1 Å². The van der Waals surface area contributed by atoms with Crippen LogP contribution in [0.15, 0.2) is 147 Å². The number of furan rings is 2. The first kappa shape index (κ1) is 22.9. The van der Waals surface area contributed by atoms with Crippen molar-refractivity contribution in [3.63, 3.8) is 0 Å². The average Bonchev–Trinajstić information content (AvgIpc) is 3.75. The maximum absolute atomic E-state index is 6.47. The fourth-order valence-electron chi connectivity index (χ4n) is 5.99. The first-order valence-corrected chi connectivity index (χ1v) is 13.9. The van der Waals surface area contributed by atoms with Gasteiger partial charge in [-0.2, -0.15) is 0 Å². The van der Waals surface area contributed by atoms with Gasteiger partial charge in [-0.3, -0.25) is 0 Å². The summed E-state index contributed by atoms with van der Waals surface area (Å²) in [4.78, 5) is 7.03. The van der Waals surface area contributed by atoms with Crippen LogP contribution < -0.4 is 4.90 Å². The molecule has 6 aromatic carbocycles. The van der Waals surface area contributed by atoms with Crippen LogP contribution in [0.2, 0.25) is 0 Å². The summed E-state index contributed by atoms with van der Waals surface area (Å²) in [6.45, 7) is 0. The maximum Gasteiger partial charge on any atom is 0.227 e. The van der Waals surface area contributed by atoms with Crippen molar-refractivity contribution in [3.8, 4) is 11.5 Å². The Kier molecular flexibility index (Phi) is 4.83. The molecule has 0 saturated carbocycles. The molecule has 0 bridgehead atoms. The van der Waals surface area contributed by atoms with E-state index in [4.69, 9.17) is 18.2 Å². The molecule has 198 valence electrons. The third-order valence-electron chi connectivity index (χ3n) is 7.89. The normalized spacial score (nSPS) is 11.8. The van der Waals surface area contributed by atoms with Crippen LogP contribution in [-0.2, 0) is 0 Å². The lowest BCUT2D eigenvalue weighted by Crippen LogP contribution is -2.10. The molecule has 0 aliphatic carbocycles. The van der Waals surface area contributed by atoms with Gasteiger partial charge in [0.15, 0.2) is 11.2 Å². The number of hydrogen-bond acceptors (Lipinski definition) is 5. The van der Waals surface area contributed by atoms with Crippen LogP contribution in [0.5, 0.6) is 0 Å².